The Kier molecular flexibility index (Phi) is 5.09. The van der Waals surface area contributed by atoms with Gasteiger partial charge < -0.3 is 9.80 Å². The maximum Gasteiger partial charge on any atom is 0.232 e. The highest BCUT2D eigenvalue weighted by atomic mass is 35.5. The zero-order chi connectivity index (χ0) is 18.0. The SMILES string of the molecule is CCN(C(=O)[C@@H]1CC(=O)N(c2ccc(Cl)cc2)C1)c1ccccc1C. The Morgan fingerprint density at radius 3 is 2.52 bits per heavy atom. The van der Waals surface area contributed by atoms with Crippen molar-refractivity contribution in [2.45, 2.75) is 20.3 Å². The molecule has 0 N–H and O–H groups in total. The molecule has 2 amide bonds. The van der Waals surface area contributed by atoms with Crippen molar-refractivity contribution in [3.63, 3.8) is 0 Å². The molecular formula is C20H21ClN2O2. The van der Waals surface area contributed by atoms with Gasteiger partial charge in [-0.05, 0) is 49.7 Å². The Labute approximate surface area is 153 Å². The van der Waals surface area contributed by atoms with Gasteiger partial charge in [0.15, 0.2) is 0 Å². The van der Waals surface area contributed by atoms with E-state index in [1.165, 1.54) is 0 Å². The van der Waals surface area contributed by atoms with Gasteiger partial charge in [0.25, 0.3) is 0 Å². The Bertz CT molecular complexity index is 789. The van der Waals surface area contributed by atoms with E-state index in [2.05, 4.69) is 0 Å². The first kappa shape index (κ1) is 17.5. The molecule has 5 heteroatoms. The second-order valence-electron chi connectivity index (χ2n) is 6.25. The number of aryl methyl sites for hydroxylation is 1. The number of hydrogen-bond acceptors (Lipinski definition) is 2. The van der Waals surface area contributed by atoms with Gasteiger partial charge in [0, 0.05) is 35.9 Å². The van der Waals surface area contributed by atoms with Crippen molar-refractivity contribution in [1.82, 2.24) is 0 Å². The van der Waals surface area contributed by atoms with E-state index in [0.29, 0.717) is 18.1 Å². The van der Waals surface area contributed by atoms with Gasteiger partial charge in [-0.15, -0.1) is 0 Å². The van der Waals surface area contributed by atoms with Crippen molar-refractivity contribution in [2.24, 2.45) is 5.92 Å². The van der Waals surface area contributed by atoms with E-state index in [4.69, 9.17) is 11.6 Å². The monoisotopic (exact) mass is 356 g/mol. The molecule has 3 rings (SSSR count). The number of benzene rings is 2. The van der Waals surface area contributed by atoms with Crippen molar-refractivity contribution in [3.05, 3.63) is 59.1 Å². The van der Waals surface area contributed by atoms with Crippen molar-refractivity contribution in [1.29, 1.82) is 0 Å². The van der Waals surface area contributed by atoms with E-state index < -0.39 is 0 Å². The lowest BCUT2D eigenvalue weighted by molar-refractivity contribution is -0.124. The molecule has 0 aliphatic carbocycles. The molecule has 1 aliphatic heterocycles. The van der Waals surface area contributed by atoms with E-state index >= 15 is 0 Å². The summed E-state index contributed by atoms with van der Waals surface area (Å²) in [7, 11) is 0. The molecule has 0 bridgehead atoms. The predicted molar refractivity (Wildman–Crippen MR) is 101 cm³/mol. The predicted octanol–water partition coefficient (Wildman–Crippen LogP) is 4.05. The van der Waals surface area contributed by atoms with Gasteiger partial charge >= 0.3 is 0 Å². The van der Waals surface area contributed by atoms with Gasteiger partial charge in [0.05, 0.1) is 5.92 Å². The van der Waals surface area contributed by atoms with Crippen LogP contribution in [0.1, 0.15) is 18.9 Å². The average molecular weight is 357 g/mol. The molecule has 0 spiro atoms. The summed E-state index contributed by atoms with van der Waals surface area (Å²) in [6.45, 7) is 4.93. The van der Waals surface area contributed by atoms with Crippen LogP contribution in [0.5, 0.6) is 0 Å². The van der Waals surface area contributed by atoms with E-state index in [0.717, 1.165) is 16.9 Å². The minimum Gasteiger partial charge on any atom is -0.312 e. The second-order valence-corrected chi connectivity index (χ2v) is 6.69. The average Bonchev–Trinajstić information content (AvgIpc) is 2.99. The molecule has 0 radical (unpaired) electrons. The van der Waals surface area contributed by atoms with Gasteiger partial charge in [-0.3, -0.25) is 9.59 Å². The zero-order valence-electron chi connectivity index (χ0n) is 14.4. The second kappa shape index (κ2) is 7.28. The number of carbonyl (C=O) groups is 2. The largest absolute Gasteiger partial charge is 0.312 e. The highest BCUT2D eigenvalue weighted by Crippen LogP contribution is 2.29. The van der Waals surface area contributed by atoms with Crippen LogP contribution in [-0.4, -0.2) is 24.9 Å². The highest BCUT2D eigenvalue weighted by molar-refractivity contribution is 6.30. The molecule has 130 valence electrons. The molecule has 0 saturated carbocycles. The van der Waals surface area contributed by atoms with Crippen molar-refractivity contribution >= 4 is 34.8 Å². The van der Waals surface area contributed by atoms with Gasteiger partial charge in [-0.25, -0.2) is 0 Å². The molecule has 1 fully saturated rings. The fraction of sp³-hybridized carbons (Fsp3) is 0.300. The van der Waals surface area contributed by atoms with Crippen LogP contribution in [0.3, 0.4) is 0 Å². The number of nitrogens with zero attached hydrogens (tertiary/aromatic N) is 2. The highest BCUT2D eigenvalue weighted by Gasteiger charge is 2.37. The standard InChI is InChI=1S/C20H21ClN2O2/c1-3-22(18-7-5-4-6-14(18)2)20(25)15-12-19(24)23(13-15)17-10-8-16(21)9-11-17/h4-11,15H,3,12-13H2,1-2H3/t15-/m1/s1. The maximum absolute atomic E-state index is 13.0. The molecule has 1 saturated heterocycles. The van der Waals surface area contributed by atoms with E-state index in [1.807, 2.05) is 50.2 Å². The van der Waals surface area contributed by atoms with Crippen LogP contribution < -0.4 is 9.80 Å². The smallest absolute Gasteiger partial charge is 0.232 e. The number of amides is 2. The number of para-hydroxylation sites is 1. The number of halogens is 1. The van der Waals surface area contributed by atoms with Crippen LogP contribution >= 0.6 is 11.6 Å². The minimum atomic E-state index is -0.331. The third kappa shape index (κ3) is 3.54. The first-order valence-electron chi connectivity index (χ1n) is 8.44. The molecule has 25 heavy (non-hydrogen) atoms. The summed E-state index contributed by atoms with van der Waals surface area (Å²) in [6.07, 6.45) is 0.240. The summed E-state index contributed by atoms with van der Waals surface area (Å²) < 4.78 is 0. The Morgan fingerprint density at radius 2 is 1.88 bits per heavy atom. The zero-order valence-corrected chi connectivity index (χ0v) is 15.2. The molecular weight excluding hydrogens is 336 g/mol. The molecule has 4 nitrogen and oxygen atoms in total. The van der Waals surface area contributed by atoms with Crippen molar-refractivity contribution in [2.75, 3.05) is 22.9 Å². The topological polar surface area (TPSA) is 40.6 Å². The number of carbonyl (C=O) groups excluding carboxylic acids is 2. The quantitative estimate of drug-likeness (QED) is 0.829. The summed E-state index contributed by atoms with van der Waals surface area (Å²) in [4.78, 5) is 28.9. The van der Waals surface area contributed by atoms with E-state index in [-0.39, 0.29) is 24.2 Å². The molecule has 0 aromatic heterocycles. The van der Waals surface area contributed by atoms with Crippen LogP contribution in [0.2, 0.25) is 5.02 Å². The van der Waals surface area contributed by atoms with E-state index in [1.54, 1.807) is 21.9 Å². The summed E-state index contributed by atoms with van der Waals surface area (Å²) >= 11 is 5.91. The first-order chi connectivity index (χ1) is 12.0. The lowest BCUT2D eigenvalue weighted by Gasteiger charge is -2.26. The molecule has 0 unspecified atom stereocenters. The summed E-state index contributed by atoms with van der Waals surface area (Å²) in [5.74, 6) is -0.356. The van der Waals surface area contributed by atoms with Crippen molar-refractivity contribution in [3.8, 4) is 0 Å². The molecule has 1 aliphatic rings. The van der Waals surface area contributed by atoms with Gasteiger partial charge in [-0.1, -0.05) is 29.8 Å². The Balaban J connectivity index is 1.80. The first-order valence-corrected chi connectivity index (χ1v) is 8.82. The fourth-order valence-corrected chi connectivity index (χ4v) is 3.40. The number of rotatable bonds is 4. The number of hydrogen-bond donors (Lipinski definition) is 0. The van der Waals surface area contributed by atoms with Gasteiger partial charge in [-0.2, -0.15) is 0 Å². The van der Waals surface area contributed by atoms with Crippen LogP contribution in [0.15, 0.2) is 48.5 Å². The van der Waals surface area contributed by atoms with Crippen LogP contribution in [0, 0.1) is 12.8 Å². The number of anilines is 2. The Morgan fingerprint density at radius 1 is 1.20 bits per heavy atom. The van der Waals surface area contributed by atoms with Crippen molar-refractivity contribution < 1.29 is 9.59 Å². The molecule has 1 heterocycles. The van der Waals surface area contributed by atoms with E-state index in [9.17, 15) is 9.59 Å². The molecule has 1 atom stereocenters. The van der Waals surface area contributed by atoms with Crippen LogP contribution in [-0.2, 0) is 9.59 Å². The maximum atomic E-state index is 13.0. The lowest BCUT2D eigenvalue weighted by atomic mass is 10.1. The summed E-state index contributed by atoms with van der Waals surface area (Å²) in [5, 5.41) is 0.625. The van der Waals surface area contributed by atoms with Crippen LogP contribution in [0.25, 0.3) is 0 Å². The van der Waals surface area contributed by atoms with Gasteiger partial charge in [0.1, 0.15) is 0 Å². The molecule has 2 aromatic rings. The minimum absolute atomic E-state index is 0.00149. The summed E-state index contributed by atoms with van der Waals surface area (Å²) in [5.41, 5.74) is 2.74. The summed E-state index contributed by atoms with van der Waals surface area (Å²) in [6, 6.07) is 15.0. The third-order valence-electron chi connectivity index (χ3n) is 4.60. The molecule has 2 aromatic carbocycles. The normalized spacial score (nSPS) is 17.0. The Hall–Kier alpha value is -2.33. The third-order valence-corrected chi connectivity index (χ3v) is 4.85. The van der Waals surface area contributed by atoms with Gasteiger partial charge in [0.2, 0.25) is 11.8 Å². The fourth-order valence-electron chi connectivity index (χ4n) is 3.28. The lowest BCUT2D eigenvalue weighted by Crippen LogP contribution is -2.37. The van der Waals surface area contributed by atoms with Crippen LogP contribution in [0.4, 0.5) is 11.4 Å².